The van der Waals surface area contributed by atoms with Gasteiger partial charge in [0.15, 0.2) is 11.6 Å². The number of carbonyl (C=O) groups excluding carboxylic acids is 1. The normalized spacial score (nSPS) is 13.1. The number of carbonyl (C=O) groups is 1. The van der Waals surface area contributed by atoms with Crippen LogP contribution in [0, 0.1) is 5.82 Å². The number of rotatable bonds is 8. The molecule has 0 heterocycles. The molecule has 0 fully saturated rings. The summed E-state index contributed by atoms with van der Waals surface area (Å²) in [5, 5.41) is 12.9. The van der Waals surface area contributed by atoms with E-state index >= 15 is 0 Å². The number of amides is 1. The number of hydrogen-bond acceptors (Lipinski definition) is 3. The smallest absolute Gasteiger partial charge is 0.223 e. The van der Waals surface area contributed by atoms with Crippen LogP contribution >= 0.6 is 0 Å². The Bertz CT molecular complexity index is 648. The largest absolute Gasteiger partial charge is 0.490 e. The van der Waals surface area contributed by atoms with Gasteiger partial charge in [0.25, 0.3) is 0 Å². The highest BCUT2D eigenvalue weighted by Crippen LogP contribution is 2.15. The van der Waals surface area contributed by atoms with Crippen LogP contribution in [0.4, 0.5) is 4.39 Å². The molecule has 0 bridgehead atoms. The van der Waals surface area contributed by atoms with E-state index in [1.54, 1.807) is 19.1 Å². The maximum Gasteiger partial charge on any atom is 0.223 e. The third kappa shape index (κ3) is 5.66. The summed E-state index contributed by atoms with van der Waals surface area (Å²) in [5.41, 5.74) is 1.01. The molecule has 2 aromatic carbocycles. The number of ether oxygens (including phenoxy) is 1. The summed E-state index contributed by atoms with van der Waals surface area (Å²) in [7, 11) is 0. The predicted octanol–water partition coefficient (Wildman–Crippen LogP) is 2.70. The molecule has 4 nitrogen and oxygen atoms in total. The van der Waals surface area contributed by atoms with E-state index < -0.39 is 11.9 Å². The van der Waals surface area contributed by atoms with Gasteiger partial charge in [-0.05, 0) is 24.6 Å². The lowest BCUT2D eigenvalue weighted by atomic mass is 10.0. The first-order valence-corrected chi connectivity index (χ1v) is 7.95. The number of aliphatic hydroxyl groups excluding tert-OH is 1. The van der Waals surface area contributed by atoms with Crippen LogP contribution in [-0.2, 0) is 11.2 Å². The van der Waals surface area contributed by atoms with E-state index in [4.69, 9.17) is 4.74 Å². The summed E-state index contributed by atoms with van der Waals surface area (Å²) in [6, 6.07) is 15.3. The van der Waals surface area contributed by atoms with Gasteiger partial charge < -0.3 is 15.2 Å². The SMILES string of the molecule is CC(NC(=O)CCOc1ccccc1F)C(O)Cc1ccccc1. The molecule has 2 rings (SSSR count). The number of para-hydroxylation sites is 1. The molecule has 0 spiro atoms. The first-order chi connectivity index (χ1) is 11.6. The van der Waals surface area contributed by atoms with Crippen molar-refractivity contribution in [2.45, 2.75) is 31.9 Å². The molecule has 2 unspecified atom stereocenters. The van der Waals surface area contributed by atoms with Gasteiger partial charge in [0.1, 0.15) is 0 Å². The highest BCUT2D eigenvalue weighted by Gasteiger charge is 2.17. The van der Waals surface area contributed by atoms with Gasteiger partial charge in [0, 0.05) is 6.42 Å². The molecule has 0 aliphatic carbocycles. The second-order valence-electron chi connectivity index (χ2n) is 5.64. The topological polar surface area (TPSA) is 58.6 Å². The van der Waals surface area contributed by atoms with Gasteiger partial charge in [-0.3, -0.25) is 4.79 Å². The monoisotopic (exact) mass is 331 g/mol. The maximum absolute atomic E-state index is 13.4. The Balaban J connectivity index is 1.72. The summed E-state index contributed by atoms with van der Waals surface area (Å²) in [6.07, 6.45) is -0.117. The fraction of sp³-hybridized carbons (Fsp3) is 0.316. The molecule has 0 radical (unpaired) electrons. The summed E-state index contributed by atoms with van der Waals surface area (Å²) in [5.74, 6) is -0.571. The second-order valence-corrected chi connectivity index (χ2v) is 5.64. The van der Waals surface area contributed by atoms with Crippen LogP contribution in [-0.4, -0.2) is 29.8 Å². The van der Waals surface area contributed by atoms with Crippen LogP contribution in [0.3, 0.4) is 0 Å². The van der Waals surface area contributed by atoms with Crippen molar-refractivity contribution in [1.82, 2.24) is 5.32 Å². The van der Waals surface area contributed by atoms with E-state index in [1.165, 1.54) is 12.1 Å². The minimum Gasteiger partial charge on any atom is -0.490 e. The Morgan fingerprint density at radius 3 is 2.54 bits per heavy atom. The fourth-order valence-corrected chi connectivity index (χ4v) is 2.27. The van der Waals surface area contributed by atoms with Crippen LogP contribution in [0.15, 0.2) is 54.6 Å². The summed E-state index contributed by atoms with van der Waals surface area (Å²) in [4.78, 5) is 11.9. The minimum absolute atomic E-state index is 0.0776. The van der Waals surface area contributed by atoms with Gasteiger partial charge in [-0.15, -0.1) is 0 Å². The molecule has 128 valence electrons. The Morgan fingerprint density at radius 1 is 1.17 bits per heavy atom. The molecule has 0 aliphatic heterocycles. The Hall–Kier alpha value is -2.40. The first kappa shape index (κ1) is 17.9. The predicted molar refractivity (Wildman–Crippen MR) is 90.3 cm³/mol. The lowest BCUT2D eigenvalue weighted by Crippen LogP contribution is -2.42. The zero-order valence-corrected chi connectivity index (χ0v) is 13.6. The van der Waals surface area contributed by atoms with E-state index in [-0.39, 0.29) is 30.7 Å². The van der Waals surface area contributed by atoms with Crippen molar-refractivity contribution in [3.8, 4) is 5.75 Å². The molecule has 0 saturated carbocycles. The van der Waals surface area contributed by atoms with Crippen molar-refractivity contribution in [3.05, 3.63) is 66.0 Å². The van der Waals surface area contributed by atoms with E-state index in [0.29, 0.717) is 6.42 Å². The highest BCUT2D eigenvalue weighted by molar-refractivity contribution is 5.76. The molecule has 0 saturated heterocycles. The molecule has 2 N–H and O–H groups in total. The fourth-order valence-electron chi connectivity index (χ4n) is 2.27. The van der Waals surface area contributed by atoms with Crippen molar-refractivity contribution in [3.63, 3.8) is 0 Å². The van der Waals surface area contributed by atoms with Crippen molar-refractivity contribution >= 4 is 5.91 Å². The number of hydrogen-bond donors (Lipinski definition) is 2. The van der Waals surface area contributed by atoms with Crippen LogP contribution < -0.4 is 10.1 Å². The molecule has 2 atom stereocenters. The van der Waals surface area contributed by atoms with E-state index in [1.807, 2.05) is 30.3 Å². The van der Waals surface area contributed by atoms with Crippen molar-refractivity contribution in [1.29, 1.82) is 0 Å². The maximum atomic E-state index is 13.4. The Labute approximate surface area is 141 Å². The van der Waals surface area contributed by atoms with Gasteiger partial charge in [-0.2, -0.15) is 0 Å². The van der Waals surface area contributed by atoms with Gasteiger partial charge >= 0.3 is 0 Å². The minimum atomic E-state index is -0.677. The molecule has 5 heteroatoms. The van der Waals surface area contributed by atoms with Crippen molar-refractivity contribution in [2.24, 2.45) is 0 Å². The number of halogens is 1. The quantitative estimate of drug-likeness (QED) is 0.782. The van der Waals surface area contributed by atoms with E-state index in [2.05, 4.69) is 5.32 Å². The zero-order valence-electron chi connectivity index (χ0n) is 13.6. The van der Waals surface area contributed by atoms with Crippen LogP contribution in [0.2, 0.25) is 0 Å². The van der Waals surface area contributed by atoms with Gasteiger partial charge in [0.2, 0.25) is 5.91 Å². The molecule has 1 amide bonds. The van der Waals surface area contributed by atoms with Crippen LogP contribution in [0.25, 0.3) is 0 Å². The van der Waals surface area contributed by atoms with Crippen LogP contribution in [0.1, 0.15) is 18.9 Å². The van der Waals surface area contributed by atoms with Gasteiger partial charge in [-0.1, -0.05) is 42.5 Å². The Kier molecular flexibility index (Phi) is 6.75. The van der Waals surface area contributed by atoms with Crippen molar-refractivity contribution in [2.75, 3.05) is 6.61 Å². The molecular formula is C19H22FNO3. The average molecular weight is 331 g/mol. The molecule has 24 heavy (non-hydrogen) atoms. The lowest BCUT2D eigenvalue weighted by molar-refractivity contribution is -0.123. The third-order valence-electron chi connectivity index (χ3n) is 3.68. The summed E-state index contributed by atoms with van der Waals surface area (Å²) in [6.45, 7) is 1.83. The molecule has 0 aliphatic rings. The van der Waals surface area contributed by atoms with E-state index in [9.17, 15) is 14.3 Å². The second kappa shape index (κ2) is 9.03. The number of nitrogens with one attached hydrogen (secondary N) is 1. The standard InChI is InChI=1S/C19H22FNO3/c1-14(17(22)13-15-7-3-2-4-8-15)21-19(23)11-12-24-18-10-6-5-9-16(18)20/h2-10,14,17,22H,11-13H2,1H3,(H,21,23). The number of aliphatic hydroxyl groups is 1. The molecular weight excluding hydrogens is 309 g/mol. The first-order valence-electron chi connectivity index (χ1n) is 7.95. The van der Waals surface area contributed by atoms with Gasteiger partial charge in [-0.25, -0.2) is 4.39 Å². The molecule has 0 aromatic heterocycles. The van der Waals surface area contributed by atoms with Crippen molar-refractivity contribution < 1.29 is 19.0 Å². The zero-order chi connectivity index (χ0) is 17.4. The summed E-state index contributed by atoms with van der Waals surface area (Å²) < 4.78 is 18.6. The van der Waals surface area contributed by atoms with Gasteiger partial charge in [0.05, 0.1) is 25.2 Å². The van der Waals surface area contributed by atoms with E-state index in [0.717, 1.165) is 5.56 Å². The summed E-state index contributed by atoms with van der Waals surface area (Å²) >= 11 is 0. The third-order valence-corrected chi connectivity index (χ3v) is 3.68. The average Bonchev–Trinajstić information content (AvgIpc) is 2.57. The molecule has 2 aromatic rings. The Morgan fingerprint density at radius 2 is 1.83 bits per heavy atom. The lowest BCUT2D eigenvalue weighted by Gasteiger charge is -2.20. The van der Waals surface area contributed by atoms with Crippen LogP contribution in [0.5, 0.6) is 5.75 Å². The highest BCUT2D eigenvalue weighted by atomic mass is 19.1. The number of benzene rings is 2.